The van der Waals surface area contributed by atoms with E-state index in [9.17, 15) is 9.59 Å². The van der Waals surface area contributed by atoms with Crippen molar-refractivity contribution in [3.8, 4) is 0 Å². The van der Waals surface area contributed by atoms with Gasteiger partial charge in [0.05, 0.1) is 5.41 Å². The van der Waals surface area contributed by atoms with Crippen molar-refractivity contribution < 1.29 is 14.8 Å². The zero-order valence-corrected chi connectivity index (χ0v) is 10.8. The van der Waals surface area contributed by atoms with E-state index >= 15 is 0 Å². The molecule has 1 saturated heterocycles. The summed E-state index contributed by atoms with van der Waals surface area (Å²) in [5.41, 5.74) is 3.95. The summed E-state index contributed by atoms with van der Waals surface area (Å²) in [5, 5.41) is 8.66. The van der Waals surface area contributed by atoms with E-state index < -0.39 is 5.91 Å². The molecule has 1 aromatic carbocycles. The summed E-state index contributed by atoms with van der Waals surface area (Å²) in [6, 6.07) is 5.36. The van der Waals surface area contributed by atoms with E-state index in [2.05, 4.69) is 0 Å². The third kappa shape index (κ3) is 1.73. The van der Waals surface area contributed by atoms with Crippen LogP contribution in [0.3, 0.4) is 0 Å². The van der Waals surface area contributed by atoms with E-state index in [0.717, 1.165) is 30.5 Å². The molecule has 1 spiro atoms. The normalized spacial score (nSPS) is 24.9. The fourth-order valence-corrected chi connectivity index (χ4v) is 3.28. The molecule has 3 rings (SSSR count). The maximum atomic E-state index is 12.3. The van der Waals surface area contributed by atoms with E-state index in [4.69, 9.17) is 5.21 Å². The first-order valence-electron chi connectivity index (χ1n) is 6.37. The van der Waals surface area contributed by atoms with Gasteiger partial charge in [-0.25, -0.2) is 5.48 Å². The van der Waals surface area contributed by atoms with Crippen molar-refractivity contribution >= 4 is 11.8 Å². The lowest BCUT2D eigenvalue weighted by Crippen LogP contribution is -2.32. The minimum atomic E-state index is -0.515. The van der Waals surface area contributed by atoms with E-state index in [1.54, 1.807) is 22.5 Å². The predicted molar refractivity (Wildman–Crippen MR) is 67.8 cm³/mol. The smallest absolute Gasteiger partial charge is 0.274 e. The second-order valence-electron chi connectivity index (χ2n) is 5.54. The van der Waals surface area contributed by atoms with Gasteiger partial charge in [-0.05, 0) is 42.5 Å². The van der Waals surface area contributed by atoms with Gasteiger partial charge in [0.1, 0.15) is 0 Å². The lowest BCUT2D eigenvalue weighted by Gasteiger charge is -2.20. The maximum absolute atomic E-state index is 12.3. The average molecular weight is 260 g/mol. The Morgan fingerprint density at radius 3 is 2.74 bits per heavy atom. The van der Waals surface area contributed by atoms with E-state index in [1.165, 1.54) is 0 Å². The Bertz CT molecular complexity index is 570. The first-order valence-corrected chi connectivity index (χ1v) is 6.37. The molecule has 1 aromatic rings. The predicted octanol–water partition coefficient (Wildman–Crippen LogP) is 0.753. The number of hydrogen-bond acceptors (Lipinski definition) is 3. The van der Waals surface area contributed by atoms with Gasteiger partial charge in [-0.3, -0.25) is 14.8 Å². The first-order chi connectivity index (χ1) is 9.05. The molecule has 100 valence electrons. The van der Waals surface area contributed by atoms with Crippen LogP contribution in [0, 0.1) is 5.41 Å². The molecule has 1 aliphatic carbocycles. The molecule has 0 aromatic heterocycles. The minimum Gasteiger partial charge on any atom is -0.345 e. The van der Waals surface area contributed by atoms with Crippen LogP contribution in [-0.2, 0) is 17.6 Å². The summed E-state index contributed by atoms with van der Waals surface area (Å²) in [6.45, 7) is 0.802. The number of amides is 2. The van der Waals surface area contributed by atoms with Gasteiger partial charge >= 0.3 is 0 Å². The van der Waals surface area contributed by atoms with Crippen LogP contribution in [0.1, 0.15) is 27.9 Å². The third-order valence-corrected chi connectivity index (χ3v) is 4.35. The molecule has 0 radical (unpaired) electrons. The van der Waals surface area contributed by atoms with Crippen molar-refractivity contribution in [3.05, 3.63) is 34.9 Å². The fourth-order valence-electron chi connectivity index (χ4n) is 3.28. The fraction of sp³-hybridized carbons (Fsp3) is 0.429. The molecule has 5 nitrogen and oxygen atoms in total. The quantitative estimate of drug-likeness (QED) is 0.578. The lowest BCUT2D eigenvalue weighted by atomic mass is 9.83. The molecule has 0 unspecified atom stereocenters. The van der Waals surface area contributed by atoms with Gasteiger partial charge in [0.2, 0.25) is 5.91 Å². The molecule has 0 saturated carbocycles. The Kier molecular flexibility index (Phi) is 2.60. The summed E-state index contributed by atoms with van der Waals surface area (Å²) >= 11 is 0. The van der Waals surface area contributed by atoms with Crippen LogP contribution < -0.4 is 5.48 Å². The average Bonchev–Trinajstić information content (AvgIpc) is 2.92. The van der Waals surface area contributed by atoms with Gasteiger partial charge in [-0.2, -0.15) is 0 Å². The van der Waals surface area contributed by atoms with Gasteiger partial charge < -0.3 is 4.90 Å². The Hall–Kier alpha value is -1.88. The minimum absolute atomic E-state index is 0.205. The van der Waals surface area contributed by atoms with Gasteiger partial charge in [0.15, 0.2) is 0 Å². The van der Waals surface area contributed by atoms with Crippen molar-refractivity contribution in [2.24, 2.45) is 5.41 Å². The monoisotopic (exact) mass is 260 g/mol. The van der Waals surface area contributed by atoms with Gasteiger partial charge in [0.25, 0.3) is 5.91 Å². The molecule has 0 bridgehead atoms. The van der Waals surface area contributed by atoms with Crippen LogP contribution in [-0.4, -0.2) is 35.5 Å². The number of likely N-dealkylation sites (tertiary alicyclic amines) is 1. The zero-order chi connectivity index (χ0) is 13.6. The second-order valence-corrected chi connectivity index (χ2v) is 5.54. The maximum Gasteiger partial charge on any atom is 0.274 e. The number of carbonyl (C=O) groups is 2. The molecular formula is C14H16N2O3. The van der Waals surface area contributed by atoms with Gasteiger partial charge in [-0.1, -0.05) is 6.07 Å². The Morgan fingerprint density at radius 1 is 1.37 bits per heavy atom. The van der Waals surface area contributed by atoms with Crippen LogP contribution in [0.2, 0.25) is 0 Å². The Labute approximate surface area is 111 Å². The number of hydrogen-bond donors (Lipinski definition) is 2. The molecule has 2 amide bonds. The number of nitrogens with zero attached hydrogens (tertiary/aromatic N) is 1. The SMILES string of the molecule is CN1CC[C@]2(Cc3ccc(C(=O)NO)cc3C2)C1=O. The van der Waals surface area contributed by atoms with E-state index in [0.29, 0.717) is 12.0 Å². The van der Waals surface area contributed by atoms with Crippen LogP contribution >= 0.6 is 0 Å². The second kappa shape index (κ2) is 4.06. The topological polar surface area (TPSA) is 69.6 Å². The highest BCUT2D eigenvalue weighted by Gasteiger charge is 2.48. The van der Waals surface area contributed by atoms with Crippen LogP contribution in [0.5, 0.6) is 0 Å². The van der Waals surface area contributed by atoms with Gasteiger partial charge in [0, 0.05) is 19.2 Å². The lowest BCUT2D eigenvalue weighted by molar-refractivity contribution is -0.134. The van der Waals surface area contributed by atoms with Crippen molar-refractivity contribution in [1.29, 1.82) is 0 Å². The molecule has 2 aliphatic rings. The molecule has 1 heterocycles. The number of hydroxylamine groups is 1. The third-order valence-electron chi connectivity index (χ3n) is 4.35. The van der Waals surface area contributed by atoms with E-state index in [-0.39, 0.29) is 11.3 Å². The zero-order valence-electron chi connectivity index (χ0n) is 10.8. The van der Waals surface area contributed by atoms with Crippen molar-refractivity contribution in [2.75, 3.05) is 13.6 Å². The van der Waals surface area contributed by atoms with Crippen molar-refractivity contribution in [1.82, 2.24) is 10.4 Å². The largest absolute Gasteiger partial charge is 0.345 e. The summed E-state index contributed by atoms with van der Waals surface area (Å²) in [6.07, 6.45) is 2.32. The molecule has 19 heavy (non-hydrogen) atoms. The highest BCUT2D eigenvalue weighted by Crippen LogP contribution is 2.44. The number of nitrogens with one attached hydrogen (secondary N) is 1. The molecule has 1 atom stereocenters. The summed E-state index contributed by atoms with van der Waals surface area (Å²) in [7, 11) is 1.84. The first kappa shape index (κ1) is 12.2. The van der Waals surface area contributed by atoms with Crippen LogP contribution in [0.4, 0.5) is 0 Å². The molecule has 5 heteroatoms. The number of rotatable bonds is 1. The van der Waals surface area contributed by atoms with Crippen LogP contribution in [0.25, 0.3) is 0 Å². The molecule has 1 aliphatic heterocycles. The van der Waals surface area contributed by atoms with Crippen LogP contribution in [0.15, 0.2) is 18.2 Å². The standard InChI is InChI=1S/C14H16N2O3/c1-16-5-4-14(13(16)18)7-10-3-2-9(12(17)15-19)6-11(10)8-14/h2-3,6,19H,4-5,7-8H2,1H3,(H,15,17)/t14-/m1/s1. The van der Waals surface area contributed by atoms with Crippen molar-refractivity contribution in [3.63, 3.8) is 0 Å². The summed E-state index contributed by atoms with van der Waals surface area (Å²) in [4.78, 5) is 25.5. The van der Waals surface area contributed by atoms with E-state index in [1.807, 2.05) is 13.1 Å². The number of fused-ring (bicyclic) bond motifs is 1. The molecule has 1 fully saturated rings. The highest BCUT2D eigenvalue weighted by molar-refractivity contribution is 5.94. The number of benzene rings is 1. The summed E-state index contributed by atoms with van der Waals surface area (Å²) < 4.78 is 0. The Morgan fingerprint density at radius 2 is 2.11 bits per heavy atom. The molecular weight excluding hydrogens is 244 g/mol. The number of carbonyl (C=O) groups excluding carboxylic acids is 2. The highest BCUT2D eigenvalue weighted by atomic mass is 16.5. The Balaban J connectivity index is 1.93. The summed E-state index contributed by atoms with van der Waals surface area (Å²) in [5.74, 6) is -0.310. The molecule has 2 N–H and O–H groups in total. The van der Waals surface area contributed by atoms with Gasteiger partial charge in [-0.15, -0.1) is 0 Å². The van der Waals surface area contributed by atoms with Crippen molar-refractivity contribution in [2.45, 2.75) is 19.3 Å².